The van der Waals surface area contributed by atoms with Crippen LogP contribution in [0.15, 0.2) is 36.7 Å². The standard InChI is InChI=1S/C20H26N4O2.ClH/c1-23-12-11-22-18(23)14-24(17-13-20(17)7-9-21-10-8-20)19(25)15-5-3-4-6-16(15)26-2;/h3-6,11-12,17,21H,7-10,13-14H2,1-2H3;1H. The molecule has 7 heteroatoms. The number of piperidine rings is 1. The number of nitrogens with zero attached hydrogens (tertiary/aromatic N) is 3. The van der Waals surface area contributed by atoms with Crippen LogP contribution in [0.1, 0.15) is 35.4 Å². The van der Waals surface area contributed by atoms with Gasteiger partial charge < -0.3 is 19.5 Å². The first-order chi connectivity index (χ1) is 12.6. The largest absolute Gasteiger partial charge is 0.496 e. The number of carbonyl (C=O) groups excluding carboxylic acids is 1. The fourth-order valence-electron chi connectivity index (χ4n) is 4.23. The molecule has 2 heterocycles. The molecular weight excluding hydrogens is 364 g/mol. The number of benzene rings is 1. The molecule has 2 aromatic rings. The van der Waals surface area contributed by atoms with Gasteiger partial charge in [-0.1, -0.05) is 12.1 Å². The van der Waals surface area contributed by atoms with Crippen LogP contribution in [-0.4, -0.2) is 46.6 Å². The predicted octanol–water partition coefficient (Wildman–Crippen LogP) is 2.64. The average Bonchev–Trinajstić information content (AvgIpc) is 3.19. The Morgan fingerprint density at radius 1 is 1.37 bits per heavy atom. The molecule has 1 spiro atoms. The zero-order valence-corrected chi connectivity index (χ0v) is 16.7. The lowest BCUT2D eigenvalue weighted by atomic mass is 9.93. The summed E-state index contributed by atoms with van der Waals surface area (Å²) >= 11 is 0. The summed E-state index contributed by atoms with van der Waals surface area (Å²) < 4.78 is 7.42. The zero-order valence-electron chi connectivity index (χ0n) is 15.9. The second-order valence-corrected chi connectivity index (χ2v) is 7.42. The number of imidazole rings is 1. The number of rotatable bonds is 5. The van der Waals surface area contributed by atoms with E-state index in [1.165, 1.54) is 0 Å². The number of nitrogens with one attached hydrogen (secondary N) is 1. The summed E-state index contributed by atoms with van der Waals surface area (Å²) in [5.74, 6) is 1.57. The van der Waals surface area contributed by atoms with E-state index in [0.717, 1.165) is 38.2 Å². The van der Waals surface area contributed by atoms with Crippen molar-refractivity contribution in [2.24, 2.45) is 12.5 Å². The van der Waals surface area contributed by atoms with Crippen LogP contribution in [0.5, 0.6) is 5.75 Å². The van der Waals surface area contributed by atoms with Crippen molar-refractivity contribution in [3.63, 3.8) is 0 Å². The highest BCUT2D eigenvalue weighted by Crippen LogP contribution is 2.56. The van der Waals surface area contributed by atoms with Gasteiger partial charge in [-0.3, -0.25) is 4.79 Å². The summed E-state index contributed by atoms with van der Waals surface area (Å²) in [5.41, 5.74) is 0.897. The van der Waals surface area contributed by atoms with Gasteiger partial charge in [-0.05, 0) is 49.9 Å². The average molecular weight is 391 g/mol. The van der Waals surface area contributed by atoms with Crippen LogP contribution in [0.2, 0.25) is 0 Å². The number of halogens is 1. The first-order valence-electron chi connectivity index (χ1n) is 9.25. The lowest BCUT2D eigenvalue weighted by molar-refractivity contribution is 0.0682. The molecule has 0 radical (unpaired) electrons. The van der Waals surface area contributed by atoms with Gasteiger partial charge in [0.1, 0.15) is 11.6 Å². The molecule has 1 saturated heterocycles. The molecular formula is C20H27ClN4O2. The molecule has 2 aliphatic rings. The maximum atomic E-state index is 13.5. The third-order valence-electron chi connectivity index (χ3n) is 5.95. The van der Waals surface area contributed by atoms with Crippen LogP contribution in [0.3, 0.4) is 0 Å². The summed E-state index contributed by atoms with van der Waals surface area (Å²) in [4.78, 5) is 19.9. The number of aromatic nitrogens is 2. The molecule has 146 valence electrons. The molecule has 1 unspecified atom stereocenters. The van der Waals surface area contributed by atoms with E-state index in [-0.39, 0.29) is 29.8 Å². The third-order valence-corrected chi connectivity index (χ3v) is 5.95. The van der Waals surface area contributed by atoms with Gasteiger partial charge in [0.15, 0.2) is 0 Å². The lowest BCUT2D eigenvalue weighted by Gasteiger charge is -2.30. The van der Waals surface area contributed by atoms with E-state index < -0.39 is 0 Å². The normalized spacial score (nSPS) is 20.0. The Balaban J connectivity index is 0.00000210. The lowest BCUT2D eigenvalue weighted by Crippen LogP contribution is -2.39. The highest BCUT2D eigenvalue weighted by atomic mass is 35.5. The number of aryl methyl sites for hydroxylation is 1. The molecule has 1 aliphatic carbocycles. The monoisotopic (exact) mass is 390 g/mol. The highest BCUT2D eigenvalue weighted by Gasteiger charge is 2.58. The van der Waals surface area contributed by atoms with Crippen LogP contribution in [0.4, 0.5) is 0 Å². The Kier molecular flexibility index (Phi) is 5.77. The van der Waals surface area contributed by atoms with Crippen molar-refractivity contribution in [3.05, 3.63) is 48.0 Å². The van der Waals surface area contributed by atoms with Crippen molar-refractivity contribution >= 4 is 18.3 Å². The summed E-state index contributed by atoms with van der Waals surface area (Å²) in [7, 11) is 3.59. The number of amides is 1. The van der Waals surface area contributed by atoms with Crippen molar-refractivity contribution in [2.75, 3.05) is 20.2 Å². The van der Waals surface area contributed by atoms with Gasteiger partial charge in [0.05, 0.1) is 19.2 Å². The molecule has 2 fully saturated rings. The number of methoxy groups -OCH3 is 1. The predicted molar refractivity (Wildman–Crippen MR) is 106 cm³/mol. The Bertz CT molecular complexity index is 801. The van der Waals surface area contributed by atoms with E-state index in [0.29, 0.717) is 17.9 Å². The van der Waals surface area contributed by atoms with E-state index in [1.54, 1.807) is 13.3 Å². The third kappa shape index (κ3) is 3.69. The Morgan fingerprint density at radius 2 is 2.11 bits per heavy atom. The molecule has 1 saturated carbocycles. The van der Waals surface area contributed by atoms with Gasteiger partial charge >= 0.3 is 0 Å². The number of para-hydroxylation sites is 1. The van der Waals surface area contributed by atoms with Crippen LogP contribution in [-0.2, 0) is 13.6 Å². The van der Waals surface area contributed by atoms with Gasteiger partial charge in [-0.25, -0.2) is 4.98 Å². The summed E-state index contributed by atoms with van der Waals surface area (Å²) in [6.07, 6.45) is 7.06. The van der Waals surface area contributed by atoms with Crippen molar-refractivity contribution in [1.82, 2.24) is 19.8 Å². The van der Waals surface area contributed by atoms with Crippen molar-refractivity contribution in [1.29, 1.82) is 0 Å². The second-order valence-electron chi connectivity index (χ2n) is 7.42. The number of ether oxygens (including phenoxy) is 1. The smallest absolute Gasteiger partial charge is 0.258 e. The quantitative estimate of drug-likeness (QED) is 0.852. The summed E-state index contributed by atoms with van der Waals surface area (Å²) in [6, 6.07) is 7.76. The minimum Gasteiger partial charge on any atom is -0.496 e. The molecule has 1 aliphatic heterocycles. The molecule has 4 rings (SSSR count). The SMILES string of the molecule is COc1ccccc1C(=O)N(Cc1nccn1C)C1CC12CCNCC2.Cl. The van der Waals surface area contributed by atoms with Crippen LogP contribution < -0.4 is 10.1 Å². The maximum absolute atomic E-state index is 13.5. The Labute approximate surface area is 166 Å². The highest BCUT2D eigenvalue weighted by molar-refractivity contribution is 5.97. The summed E-state index contributed by atoms with van der Waals surface area (Å²) in [5, 5.41) is 3.43. The van der Waals surface area contributed by atoms with Gasteiger partial charge in [-0.15, -0.1) is 12.4 Å². The van der Waals surface area contributed by atoms with Gasteiger partial charge in [0.2, 0.25) is 0 Å². The first-order valence-corrected chi connectivity index (χ1v) is 9.25. The molecule has 1 aromatic carbocycles. The van der Waals surface area contributed by atoms with Gasteiger partial charge in [-0.2, -0.15) is 0 Å². The van der Waals surface area contributed by atoms with Crippen molar-refractivity contribution in [3.8, 4) is 5.75 Å². The maximum Gasteiger partial charge on any atom is 0.258 e. The molecule has 1 N–H and O–H groups in total. The van der Waals surface area contributed by atoms with E-state index in [4.69, 9.17) is 4.74 Å². The molecule has 27 heavy (non-hydrogen) atoms. The number of hydrogen-bond donors (Lipinski definition) is 1. The molecule has 1 amide bonds. The molecule has 1 aromatic heterocycles. The van der Waals surface area contributed by atoms with Crippen LogP contribution >= 0.6 is 12.4 Å². The first kappa shape index (κ1) is 19.7. The zero-order chi connectivity index (χ0) is 18.1. The molecule has 0 bridgehead atoms. The van der Waals surface area contributed by atoms with Gasteiger partial charge in [0, 0.05) is 25.5 Å². The molecule has 1 atom stereocenters. The van der Waals surface area contributed by atoms with E-state index >= 15 is 0 Å². The summed E-state index contributed by atoms with van der Waals surface area (Å²) in [6.45, 7) is 2.60. The fraction of sp³-hybridized carbons (Fsp3) is 0.500. The van der Waals surface area contributed by atoms with Crippen molar-refractivity contribution < 1.29 is 9.53 Å². The minimum atomic E-state index is 0. The van der Waals surface area contributed by atoms with E-state index in [1.807, 2.05) is 47.0 Å². The second kappa shape index (κ2) is 7.90. The van der Waals surface area contributed by atoms with E-state index in [9.17, 15) is 4.79 Å². The topological polar surface area (TPSA) is 59.4 Å². The van der Waals surface area contributed by atoms with E-state index in [2.05, 4.69) is 10.3 Å². The minimum absolute atomic E-state index is 0. The van der Waals surface area contributed by atoms with Crippen molar-refractivity contribution in [2.45, 2.75) is 31.8 Å². The van der Waals surface area contributed by atoms with Crippen LogP contribution in [0.25, 0.3) is 0 Å². The Hall–Kier alpha value is -2.05. The molecule has 6 nitrogen and oxygen atoms in total. The number of hydrogen-bond acceptors (Lipinski definition) is 4. The number of carbonyl (C=O) groups is 1. The van der Waals surface area contributed by atoms with Crippen LogP contribution in [0, 0.1) is 5.41 Å². The fourth-order valence-corrected chi connectivity index (χ4v) is 4.23. The Morgan fingerprint density at radius 3 is 2.78 bits per heavy atom. The van der Waals surface area contributed by atoms with Gasteiger partial charge in [0.25, 0.3) is 5.91 Å².